The summed E-state index contributed by atoms with van der Waals surface area (Å²) >= 11 is 1.24. The Morgan fingerprint density at radius 1 is 0.565 bits per heavy atom. The highest BCUT2D eigenvalue weighted by atomic mass is 32.2. The maximum atomic E-state index is 13.2. The third kappa shape index (κ3) is 34.4. The molecule has 62 heavy (non-hydrogen) atoms. The number of carbonyl (C=O) groups is 5. The van der Waals surface area contributed by atoms with Gasteiger partial charge in [-0.25, -0.2) is 9.59 Å². The highest BCUT2D eigenvalue weighted by Gasteiger charge is 2.27. The van der Waals surface area contributed by atoms with Crippen LogP contribution in [0.25, 0.3) is 0 Å². The molecule has 2 atom stereocenters. The Labute approximate surface area is 381 Å². The molecule has 0 saturated carbocycles. The second kappa shape index (κ2) is 38.4. The summed E-state index contributed by atoms with van der Waals surface area (Å²) in [4.78, 5) is 64.3. The third-order valence-corrected chi connectivity index (χ3v) is 11.9. The van der Waals surface area contributed by atoms with E-state index in [1.54, 1.807) is 51.1 Å². The van der Waals surface area contributed by atoms with E-state index in [1.165, 1.54) is 140 Å². The summed E-state index contributed by atoms with van der Waals surface area (Å²) in [7, 11) is 0. The number of amides is 1. The summed E-state index contributed by atoms with van der Waals surface area (Å²) in [5, 5.41) is 2.57. The quantitative estimate of drug-likeness (QED) is 0.0294. The highest BCUT2D eigenvalue weighted by molar-refractivity contribution is 7.99. The number of thioether (sulfide) groups is 1. The molecule has 0 unspecified atom stereocenters. The number of ether oxygens (including phenoxy) is 4. The van der Waals surface area contributed by atoms with E-state index in [9.17, 15) is 24.0 Å². The van der Waals surface area contributed by atoms with Crippen molar-refractivity contribution in [2.75, 3.05) is 24.7 Å². The Hall–Kier alpha value is -3.08. The number of unbranched alkanes of at least 4 members (excludes halogenated alkanes) is 24. The van der Waals surface area contributed by atoms with E-state index in [0.717, 1.165) is 38.5 Å². The van der Waals surface area contributed by atoms with E-state index in [1.807, 2.05) is 0 Å². The molecule has 356 valence electrons. The molecule has 1 aromatic carbocycles. The van der Waals surface area contributed by atoms with Crippen LogP contribution < -0.4 is 5.32 Å². The molecule has 0 aromatic heterocycles. The van der Waals surface area contributed by atoms with E-state index in [0.29, 0.717) is 12.0 Å². The average Bonchev–Trinajstić information content (AvgIpc) is 3.24. The first-order valence-corrected chi connectivity index (χ1v) is 25.8. The fraction of sp³-hybridized carbons (Fsp3) is 0.784. The molecule has 0 saturated heterocycles. The minimum atomic E-state index is -1.15. The molecule has 0 fully saturated rings. The van der Waals surface area contributed by atoms with Gasteiger partial charge in [0.15, 0.2) is 12.4 Å². The third-order valence-electron chi connectivity index (χ3n) is 10.7. The monoisotopic (exact) mass is 890 g/mol. The topological polar surface area (TPSA) is 134 Å². The van der Waals surface area contributed by atoms with Gasteiger partial charge in [0.1, 0.15) is 24.4 Å². The maximum absolute atomic E-state index is 13.2. The first-order chi connectivity index (χ1) is 29.9. The van der Waals surface area contributed by atoms with Gasteiger partial charge in [-0.3, -0.25) is 14.4 Å². The van der Waals surface area contributed by atoms with Gasteiger partial charge in [0.05, 0.1) is 0 Å². The molecule has 0 spiro atoms. The first-order valence-electron chi connectivity index (χ1n) is 24.6. The molecular weight excluding hydrogens is 803 g/mol. The summed E-state index contributed by atoms with van der Waals surface area (Å²) in [6.45, 7) is 9.04. The van der Waals surface area contributed by atoms with Crippen LogP contribution in [0.4, 0.5) is 4.79 Å². The van der Waals surface area contributed by atoms with Gasteiger partial charge in [-0.15, -0.1) is 0 Å². The lowest BCUT2D eigenvalue weighted by atomic mass is 10.0. The maximum Gasteiger partial charge on any atom is 0.408 e. The van der Waals surface area contributed by atoms with Gasteiger partial charge in [-0.1, -0.05) is 198 Å². The van der Waals surface area contributed by atoms with Gasteiger partial charge in [0.2, 0.25) is 0 Å². The number of carbonyl (C=O) groups excluding carboxylic acids is 5. The van der Waals surface area contributed by atoms with Crippen molar-refractivity contribution in [2.45, 2.75) is 232 Å². The Morgan fingerprint density at radius 3 is 1.45 bits per heavy atom. The lowest BCUT2D eigenvalue weighted by molar-refractivity contribution is -0.157. The van der Waals surface area contributed by atoms with Crippen LogP contribution in [-0.4, -0.2) is 72.3 Å². The molecule has 1 N–H and O–H groups in total. The smallest absolute Gasteiger partial charge is 0.408 e. The molecular formula is C51H87NO9S. The van der Waals surface area contributed by atoms with Crippen molar-refractivity contribution < 1.29 is 42.9 Å². The zero-order valence-electron chi connectivity index (χ0n) is 39.8. The van der Waals surface area contributed by atoms with Crippen LogP contribution in [0.15, 0.2) is 30.3 Å². The second-order valence-corrected chi connectivity index (χ2v) is 19.0. The van der Waals surface area contributed by atoms with Crippen molar-refractivity contribution in [1.82, 2.24) is 5.32 Å². The number of hydrogen-bond donors (Lipinski definition) is 1. The van der Waals surface area contributed by atoms with Crippen LogP contribution >= 0.6 is 11.8 Å². The van der Waals surface area contributed by atoms with Crippen LogP contribution in [0.2, 0.25) is 0 Å². The number of esters is 3. The molecule has 11 heteroatoms. The zero-order chi connectivity index (χ0) is 45.5. The van der Waals surface area contributed by atoms with E-state index in [2.05, 4.69) is 19.2 Å². The fourth-order valence-corrected chi connectivity index (χ4v) is 8.09. The number of benzene rings is 1. The first kappa shape index (κ1) is 56.9. The molecule has 0 aliphatic heterocycles. The number of Topliss-reactive ketones (excluding diaryl/α,β-unsaturated/α-hetero) is 1. The Balaban J connectivity index is 2.65. The lowest BCUT2D eigenvalue weighted by Crippen LogP contribution is -2.46. The predicted molar refractivity (Wildman–Crippen MR) is 254 cm³/mol. The average molecular weight is 890 g/mol. The van der Waals surface area contributed by atoms with E-state index >= 15 is 0 Å². The van der Waals surface area contributed by atoms with E-state index < -0.39 is 36.4 Å². The number of rotatable bonds is 40. The molecule has 0 heterocycles. The number of alkyl carbamates (subject to hydrolysis) is 1. The van der Waals surface area contributed by atoms with Gasteiger partial charge in [-0.2, -0.15) is 11.8 Å². The second-order valence-electron chi connectivity index (χ2n) is 17.9. The summed E-state index contributed by atoms with van der Waals surface area (Å²) in [6, 6.07) is 7.34. The van der Waals surface area contributed by atoms with Crippen molar-refractivity contribution in [1.29, 1.82) is 0 Å². The van der Waals surface area contributed by atoms with Crippen LogP contribution in [0.3, 0.4) is 0 Å². The van der Waals surface area contributed by atoms with Gasteiger partial charge in [0, 0.05) is 29.9 Å². The molecule has 0 aliphatic rings. The number of ketones is 1. The van der Waals surface area contributed by atoms with Crippen molar-refractivity contribution in [3.8, 4) is 0 Å². The van der Waals surface area contributed by atoms with E-state index in [-0.39, 0.29) is 42.3 Å². The van der Waals surface area contributed by atoms with Crippen LogP contribution in [0, 0.1) is 0 Å². The van der Waals surface area contributed by atoms with E-state index in [4.69, 9.17) is 18.9 Å². The predicted octanol–water partition coefficient (Wildman–Crippen LogP) is 13.5. The molecule has 10 nitrogen and oxygen atoms in total. The molecule has 1 amide bonds. The highest BCUT2D eigenvalue weighted by Crippen LogP contribution is 2.17. The largest absolute Gasteiger partial charge is 0.462 e. The van der Waals surface area contributed by atoms with Gasteiger partial charge < -0.3 is 24.3 Å². The molecule has 1 aromatic rings. The molecule has 0 aliphatic carbocycles. The minimum Gasteiger partial charge on any atom is -0.462 e. The van der Waals surface area contributed by atoms with Gasteiger partial charge in [-0.05, 0) is 33.6 Å². The molecule has 0 radical (unpaired) electrons. The van der Waals surface area contributed by atoms with Gasteiger partial charge in [0.25, 0.3) is 0 Å². The lowest BCUT2D eigenvalue weighted by Gasteiger charge is -2.23. The van der Waals surface area contributed by atoms with Crippen LogP contribution in [0.5, 0.6) is 0 Å². The normalized spacial score (nSPS) is 12.3. The minimum absolute atomic E-state index is 0.0391. The van der Waals surface area contributed by atoms with Crippen LogP contribution in [-0.2, 0) is 33.3 Å². The van der Waals surface area contributed by atoms with Gasteiger partial charge >= 0.3 is 24.0 Å². The Bertz CT molecular complexity index is 1300. The molecule has 1 rings (SSSR count). The van der Waals surface area contributed by atoms with Crippen molar-refractivity contribution in [2.24, 2.45) is 0 Å². The SMILES string of the molecule is CCCCCCCCCCCCCCCC(=O)OC[C@H](CSC[C@@H](NC(=O)OC(C)(C)C)C(=O)OCC(=O)c1ccccc1)OC(=O)CCCCCCCCCCCCCCC. The zero-order valence-corrected chi connectivity index (χ0v) is 40.6. The summed E-state index contributed by atoms with van der Waals surface area (Å²) < 4.78 is 22.2. The summed E-state index contributed by atoms with van der Waals surface area (Å²) in [5.74, 6) is -1.61. The molecule has 0 bridgehead atoms. The Morgan fingerprint density at radius 2 is 1.00 bits per heavy atom. The van der Waals surface area contributed by atoms with Crippen molar-refractivity contribution >= 4 is 41.5 Å². The standard InChI is InChI=1S/C51H87NO9S/c1-6-8-10-12-14-16-18-20-22-24-26-28-33-37-47(54)58-39-44(60-48(55)38-34-29-27-25-23-21-19-17-15-13-11-9-7-2)41-62-42-45(52-50(57)61-51(3,4)5)49(56)59-40-46(53)43-35-31-30-32-36-43/h30-32,35-36,44-45H,6-29,33-34,37-42H2,1-5H3,(H,52,57)/t44-,45-/m1/s1. The summed E-state index contributed by atoms with van der Waals surface area (Å²) in [5.41, 5.74) is -0.406. The number of nitrogens with one attached hydrogen (secondary N) is 1. The fourth-order valence-electron chi connectivity index (χ4n) is 7.07. The Kier molecular flexibility index (Phi) is 35.2. The number of hydrogen-bond acceptors (Lipinski definition) is 10. The van der Waals surface area contributed by atoms with Crippen molar-refractivity contribution in [3.05, 3.63) is 35.9 Å². The van der Waals surface area contributed by atoms with Crippen LogP contribution in [0.1, 0.15) is 225 Å². The van der Waals surface area contributed by atoms with Crippen molar-refractivity contribution in [3.63, 3.8) is 0 Å². The summed E-state index contributed by atoms with van der Waals surface area (Å²) in [6.07, 6.45) is 30.6.